The maximum Gasteiger partial charge on any atom is 0.0925 e. The van der Waals surface area contributed by atoms with Crippen molar-refractivity contribution in [2.45, 2.75) is 44.8 Å². The van der Waals surface area contributed by atoms with Gasteiger partial charge in [0.25, 0.3) is 0 Å². The molecule has 2 aliphatic heterocycles. The predicted octanol–water partition coefficient (Wildman–Crippen LogP) is 1.14. The molecular formula is C15H26N4O. The van der Waals surface area contributed by atoms with E-state index in [1.807, 2.05) is 0 Å². The van der Waals surface area contributed by atoms with Crippen LogP contribution in [-0.4, -0.2) is 63.2 Å². The van der Waals surface area contributed by atoms with E-state index in [1.165, 1.54) is 12.8 Å². The Balaban J connectivity index is 1.59. The molecule has 5 nitrogen and oxygen atoms in total. The summed E-state index contributed by atoms with van der Waals surface area (Å²) in [7, 11) is 0. The molecule has 0 radical (unpaired) electrons. The number of likely N-dealkylation sites (tertiary alicyclic amines) is 2. The number of H-pyrrole nitrogens is 1. The smallest absolute Gasteiger partial charge is 0.0925 e. The monoisotopic (exact) mass is 278 g/mol. The van der Waals surface area contributed by atoms with Crippen LogP contribution in [0.2, 0.25) is 0 Å². The van der Waals surface area contributed by atoms with Crippen LogP contribution in [0.1, 0.15) is 37.1 Å². The number of aryl methyl sites for hydroxylation is 1. The van der Waals surface area contributed by atoms with Gasteiger partial charge in [0.05, 0.1) is 17.6 Å². The van der Waals surface area contributed by atoms with E-state index < -0.39 is 5.60 Å². The van der Waals surface area contributed by atoms with Gasteiger partial charge in [0.1, 0.15) is 0 Å². The third-order valence-corrected chi connectivity index (χ3v) is 4.66. The Morgan fingerprint density at radius 1 is 1.25 bits per heavy atom. The Labute approximate surface area is 121 Å². The molecular weight excluding hydrogens is 252 g/mol. The number of hydrogen-bond donors (Lipinski definition) is 2. The molecule has 1 aromatic heterocycles. The zero-order chi connectivity index (χ0) is 14.0. The topological polar surface area (TPSA) is 55.4 Å². The number of β-amino-alcohol motifs (C(OH)–C–C–N with tert-alkyl or cyclic N) is 1. The van der Waals surface area contributed by atoms with E-state index in [-0.39, 0.29) is 0 Å². The van der Waals surface area contributed by atoms with Crippen LogP contribution < -0.4 is 0 Å². The maximum absolute atomic E-state index is 10.9. The molecule has 1 atom stereocenters. The van der Waals surface area contributed by atoms with Gasteiger partial charge in [-0.15, -0.1) is 0 Å². The summed E-state index contributed by atoms with van der Waals surface area (Å²) in [5.74, 6) is 0. The molecule has 0 bridgehead atoms. The fourth-order valence-corrected chi connectivity index (χ4v) is 3.59. The normalized spacial score (nSPS) is 29.1. The van der Waals surface area contributed by atoms with Crippen LogP contribution in [0.3, 0.4) is 0 Å². The Hall–Kier alpha value is -0.910. The first-order valence-corrected chi connectivity index (χ1v) is 7.81. The summed E-state index contributed by atoms with van der Waals surface area (Å²) >= 11 is 0. The van der Waals surface area contributed by atoms with Crippen molar-refractivity contribution < 1.29 is 5.11 Å². The molecule has 0 amide bonds. The second kappa shape index (κ2) is 5.84. The lowest BCUT2D eigenvalue weighted by Gasteiger charge is -2.41. The molecule has 112 valence electrons. The number of nitrogens with zero attached hydrogens (tertiary/aromatic N) is 3. The standard InChI is InChI=1S/C15H26N4O/c1-13-14(17-12-16-13)9-19-8-4-5-15(20,11-19)10-18-6-2-3-7-18/h12,20H,2-11H2,1H3,(H,16,17)/t15-/m1/s1. The summed E-state index contributed by atoms with van der Waals surface area (Å²) in [4.78, 5) is 12.3. The van der Waals surface area contributed by atoms with Gasteiger partial charge in [-0.1, -0.05) is 0 Å². The van der Waals surface area contributed by atoms with Gasteiger partial charge in [-0.25, -0.2) is 4.98 Å². The van der Waals surface area contributed by atoms with E-state index >= 15 is 0 Å². The number of nitrogens with one attached hydrogen (secondary N) is 1. The number of aromatic amines is 1. The zero-order valence-electron chi connectivity index (χ0n) is 12.4. The van der Waals surface area contributed by atoms with Crippen molar-refractivity contribution in [3.63, 3.8) is 0 Å². The van der Waals surface area contributed by atoms with Gasteiger partial charge in [0.2, 0.25) is 0 Å². The summed E-state index contributed by atoms with van der Waals surface area (Å²) < 4.78 is 0. The minimum Gasteiger partial charge on any atom is -0.387 e. The lowest BCUT2D eigenvalue weighted by Crippen LogP contribution is -2.53. The van der Waals surface area contributed by atoms with Crippen LogP contribution in [0.25, 0.3) is 0 Å². The number of aromatic nitrogens is 2. The average molecular weight is 278 g/mol. The highest BCUT2D eigenvalue weighted by Gasteiger charge is 2.35. The highest BCUT2D eigenvalue weighted by Crippen LogP contribution is 2.25. The molecule has 3 heterocycles. The quantitative estimate of drug-likeness (QED) is 0.867. The largest absolute Gasteiger partial charge is 0.387 e. The highest BCUT2D eigenvalue weighted by molar-refractivity contribution is 5.09. The van der Waals surface area contributed by atoms with E-state index in [0.29, 0.717) is 0 Å². The van der Waals surface area contributed by atoms with Crippen molar-refractivity contribution in [2.75, 3.05) is 32.7 Å². The summed E-state index contributed by atoms with van der Waals surface area (Å²) in [6, 6.07) is 0. The second-order valence-electron chi connectivity index (χ2n) is 6.50. The molecule has 20 heavy (non-hydrogen) atoms. The molecule has 2 aliphatic rings. The fourth-order valence-electron chi connectivity index (χ4n) is 3.59. The molecule has 1 aromatic rings. The summed E-state index contributed by atoms with van der Waals surface area (Å²) in [6.07, 6.45) is 6.33. The fraction of sp³-hybridized carbons (Fsp3) is 0.800. The van der Waals surface area contributed by atoms with Gasteiger partial charge in [0, 0.05) is 25.3 Å². The van der Waals surface area contributed by atoms with E-state index in [2.05, 4.69) is 26.7 Å². The summed E-state index contributed by atoms with van der Waals surface area (Å²) in [6.45, 7) is 7.88. The lowest BCUT2D eigenvalue weighted by molar-refractivity contribution is -0.0521. The molecule has 0 aromatic carbocycles. The first-order valence-electron chi connectivity index (χ1n) is 7.81. The number of aliphatic hydroxyl groups is 1. The third kappa shape index (κ3) is 3.22. The molecule has 2 N–H and O–H groups in total. The lowest BCUT2D eigenvalue weighted by atomic mass is 9.92. The van der Waals surface area contributed by atoms with E-state index in [1.54, 1.807) is 6.33 Å². The minimum atomic E-state index is -0.535. The first kappa shape index (κ1) is 14.0. The molecule has 2 fully saturated rings. The third-order valence-electron chi connectivity index (χ3n) is 4.66. The SMILES string of the molecule is Cc1[nH]cnc1CN1CCC[C@@](O)(CN2CCCC2)C1. The maximum atomic E-state index is 10.9. The predicted molar refractivity (Wildman–Crippen MR) is 78.5 cm³/mol. The van der Waals surface area contributed by atoms with Crippen molar-refractivity contribution in [1.82, 2.24) is 19.8 Å². The summed E-state index contributed by atoms with van der Waals surface area (Å²) in [5, 5.41) is 10.9. The Morgan fingerprint density at radius 2 is 2.00 bits per heavy atom. The number of rotatable bonds is 4. The van der Waals surface area contributed by atoms with Crippen molar-refractivity contribution >= 4 is 0 Å². The van der Waals surface area contributed by atoms with E-state index in [9.17, 15) is 5.11 Å². The number of imidazole rings is 1. The minimum absolute atomic E-state index is 0.535. The van der Waals surface area contributed by atoms with Gasteiger partial charge in [-0.05, 0) is 52.2 Å². The summed E-state index contributed by atoms with van der Waals surface area (Å²) in [5.41, 5.74) is 1.71. The molecule has 0 spiro atoms. The van der Waals surface area contributed by atoms with Crippen LogP contribution in [0.4, 0.5) is 0 Å². The van der Waals surface area contributed by atoms with Crippen molar-refractivity contribution in [3.05, 3.63) is 17.7 Å². The molecule has 3 rings (SSSR count). The number of piperidine rings is 1. The van der Waals surface area contributed by atoms with Gasteiger partial charge >= 0.3 is 0 Å². The molecule has 2 saturated heterocycles. The molecule has 0 aliphatic carbocycles. The zero-order valence-corrected chi connectivity index (χ0v) is 12.4. The van der Waals surface area contributed by atoms with E-state index in [4.69, 9.17) is 0 Å². The van der Waals surface area contributed by atoms with Crippen LogP contribution in [0, 0.1) is 6.92 Å². The Kier molecular flexibility index (Phi) is 4.10. The van der Waals surface area contributed by atoms with Crippen molar-refractivity contribution in [3.8, 4) is 0 Å². The first-order chi connectivity index (χ1) is 9.65. The van der Waals surface area contributed by atoms with Crippen LogP contribution in [-0.2, 0) is 6.54 Å². The molecule has 5 heteroatoms. The van der Waals surface area contributed by atoms with Gasteiger partial charge in [-0.3, -0.25) is 4.90 Å². The van der Waals surface area contributed by atoms with Crippen molar-refractivity contribution in [2.24, 2.45) is 0 Å². The highest BCUT2D eigenvalue weighted by atomic mass is 16.3. The average Bonchev–Trinajstić information content (AvgIpc) is 3.02. The van der Waals surface area contributed by atoms with E-state index in [0.717, 1.165) is 63.5 Å². The van der Waals surface area contributed by atoms with Gasteiger partial charge < -0.3 is 15.0 Å². The van der Waals surface area contributed by atoms with Crippen LogP contribution in [0.15, 0.2) is 6.33 Å². The van der Waals surface area contributed by atoms with Crippen LogP contribution in [0.5, 0.6) is 0 Å². The Bertz CT molecular complexity index is 441. The molecule has 0 unspecified atom stereocenters. The number of hydrogen-bond acceptors (Lipinski definition) is 4. The molecule has 0 saturated carbocycles. The Morgan fingerprint density at radius 3 is 2.70 bits per heavy atom. The van der Waals surface area contributed by atoms with Crippen molar-refractivity contribution in [1.29, 1.82) is 0 Å². The second-order valence-corrected chi connectivity index (χ2v) is 6.50. The van der Waals surface area contributed by atoms with Gasteiger partial charge in [0.15, 0.2) is 0 Å². The van der Waals surface area contributed by atoms with Gasteiger partial charge in [-0.2, -0.15) is 0 Å². The van der Waals surface area contributed by atoms with Crippen LogP contribution >= 0.6 is 0 Å².